The summed E-state index contributed by atoms with van der Waals surface area (Å²) < 4.78 is 9.69. The lowest BCUT2D eigenvalue weighted by atomic mass is 10.2. The van der Waals surface area contributed by atoms with Crippen LogP contribution in [0.1, 0.15) is 26.3 Å². The average Bonchev–Trinajstić information content (AvgIpc) is 2.27. The second-order valence-electron chi connectivity index (χ2n) is 4.86. The predicted octanol–water partition coefficient (Wildman–Crippen LogP) is 3.88. The second kappa shape index (κ2) is 6.08. The van der Waals surface area contributed by atoms with E-state index in [0.717, 1.165) is 5.56 Å². The zero-order chi connectivity index (χ0) is 14.5. The molecule has 0 aromatic heterocycles. The molecule has 2 amide bonds. The molecule has 0 fully saturated rings. The third kappa shape index (κ3) is 6.30. The third-order valence-electron chi connectivity index (χ3n) is 1.83. The van der Waals surface area contributed by atoms with E-state index >= 15 is 0 Å². The number of hydrogen-bond acceptors (Lipinski definition) is 4. The minimum Gasteiger partial charge on any atom is -0.441 e. The van der Waals surface area contributed by atoms with E-state index in [2.05, 4.69) is 10.2 Å². The van der Waals surface area contributed by atoms with Crippen molar-refractivity contribution in [3.05, 3.63) is 29.8 Å². The summed E-state index contributed by atoms with van der Waals surface area (Å²) in [6.45, 7) is 6.97. The normalized spacial score (nSPS) is 11.4. The Hall–Kier alpha value is -2.24. The Labute approximate surface area is 111 Å². The van der Waals surface area contributed by atoms with Gasteiger partial charge in [-0.15, -0.1) is 0 Å². The van der Waals surface area contributed by atoms with E-state index in [-0.39, 0.29) is 0 Å². The molecule has 6 nitrogen and oxygen atoms in total. The number of nitrogens with zero attached hydrogens (tertiary/aromatic N) is 2. The average molecular weight is 264 g/mol. The first-order chi connectivity index (χ1) is 8.76. The molecule has 0 saturated carbocycles. The van der Waals surface area contributed by atoms with Gasteiger partial charge in [-0.2, -0.15) is 0 Å². The lowest BCUT2D eigenvalue weighted by molar-refractivity contribution is 0.0589. The molecule has 0 aliphatic heterocycles. The summed E-state index contributed by atoms with van der Waals surface area (Å²) in [4.78, 5) is 22.4. The van der Waals surface area contributed by atoms with Crippen LogP contribution in [0.5, 0.6) is 5.75 Å². The molecule has 0 aliphatic carbocycles. The fraction of sp³-hybridized carbons (Fsp3) is 0.385. The van der Waals surface area contributed by atoms with Gasteiger partial charge in [-0.25, -0.2) is 9.59 Å². The summed E-state index contributed by atoms with van der Waals surface area (Å²) in [6.07, 6.45) is -1.91. The predicted molar refractivity (Wildman–Crippen MR) is 68.3 cm³/mol. The van der Waals surface area contributed by atoms with Crippen LogP contribution in [0.3, 0.4) is 0 Å². The highest BCUT2D eigenvalue weighted by atomic mass is 16.6. The standard InChI is InChI=1S/C13H16N2O4/c1-9-5-7-10(8-6-9)18-11(16)14-15-12(17)19-13(2,3)4/h5-8H,1-4H3. The highest BCUT2D eigenvalue weighted by Gasteiger charge is 2.16. The summed E-state index contributed by atoms with van der Waals surface area (Å²) in [5.74, 6) is 0.332. The van der Waals surface area contributed by atoms with Gasteiger partial charge in [0.05, 0.1) is 0 Å². The highest BCUT2D eigenvalue weighted by Crippen LogP contribution is 2.12. The van der Waals surface area contributed by atoms with Gasteiger partial charge >= 0.3 is 12.2 Å². The fourth-order valence-corrected chi connectivity index (χ4v) is 1.09. The van der Waals surface area contributed by atoms with Crippen molar-refractivity contribution in [1.29, 1.82) is 0 Å². The van der Waals surface area contributed by atoms with Crippen LogP contribution >= 0.6 is 0 Å². The molecular formula is C13H16N2O4. The van der Waals surface area contributed by atoms with Crippen LogP contribution in [0.2, 0.25) is 0 Å². The molecular weight excluding hydrogens is 248 g/mol. The number of azo groups is 1. The van der Waals surface area contributed by atoms with Crippen LogP contribution in [-0.2, 0) is 4.74 Å². The molecule has 0 N–H and O–H groups in total. The molecule has 0 atom stereocenters. The lowest BCUT2D eigenvalue weighted by Crippen LogP contribution is -2.21. The first kappa shape index (κ1) is 14.8. The van der Waals surface area contributed by atoms with Gasteiger partial charge in [-0.3, -0.25) is 0 Å². The summed E-state index contributed by atoms with van der Waals surface area (Å²) in [5, 5.41) is 6.23. The van der Waals surface area contributed by atoms with Gasteiger partial charge < -0.3 is 9.47 Å². The monoisotopic (exact) mass is 264 g/mol. The Morgan fingerprint density at radius 2 is 1.53 bits per heavy atom. The van der Waals surface area contributed by atoms with Crippen molar-refractivity contribution in [1.82, 2.24) is 0 Å². The van der Waals surface area contributed by atoms with Crippen LogP contribution in [0, 0.1) is 6.92 Å². The number of aryl methyl sites for hydroxylation is 1. The molecule has 0 bridgehead atoms. The van der Waals surface area contributed by atoms with Crippen molar-refractivity contribution >= 4 is 12.2 Å². The Kier molecular flexibility index (Phi) is 4.74. The molecule has 102 valence electrons. The molecule has 19 heavy (non-hydrogen) atoms. The van der Waals surface area contributed by atoms with Crippen LogP contribution in [0.4, 0.5) is 9.59 Å². The number of amides is 2. The number of hydrogen-bond donors (Lipinski definition) is 0. The summed E-state index contributed by atoms with van der Waals surface area (Å²) >= 11 is 0. The Balaban J connectivity index is 2.51. The smallest absolute Gasteiger partial charge is 0.441 e. The number of ether oxygens (including phenoxy) is 2. The van der Waals surface area contributed by atoms with Gasteiger partial charge in [0.15, 0.2) is 0 Å². The maximum atomic E-state index is 11.3. The van der Waals surface area contributed by atoms with E-state index in [0.29, 0.717) is 5.75 Å². The van der Waals surface area contributed by atoms with Crippen molar-refractivity contribution in [2.45, 2.75) is 33.3 Å². The molecule has 6 heteroatoms. The topological polar surface area (TPSA) is 77.3 Å². The Morgan fingerprint density at radius 3 is 2.05 bits per heavy atom. The van der Waals surface area contributed by atoms with Gasteiger partial charge in [0.2, 0.25) is 0 Å². The SMILES string of the molecule is Cc1ccc(OC(=O)N=NC(=O)OC(C)(C)C)cc1. The first-order valence-electron chi connectivity index (χ1n) is 5.69. The Morgan fingerprint density at radius 1 is 1.00 bits per heavy atom. The number of carbonyl (C=O) groups excluding carboxylic acids is 2. The minimum atomic E-state index is -0.977. The maximum absolute atomic E-state index is 11.3. The highest BCUT2D eigenvalue weighted by molar-refractivity contribution is 5.74. The van der Waals surface area contributed by atoms with Gasteiger partial charge in [0, 0.05) is 0 Å². The molecule has 0 heterocycles. The number of benzene rings is 1. The molecule has 0 aliphatic rings. The van der Waals surface area contributed by atoms with Crippen molar-refractivity contribution < 1.29 is 19.1 Å². The van der Waals surface area contributed by atoms with Crippen LogP contribution < -0.4 is 4.74 Å². The van der Waals surface area contributed by atoms with Gasteiger partial charge in [0.25, 0.3) is 0 Å². The Bertz CT molecular complexity index is 486. The number of rotatable bonds is 1. The van der Waals surface area contributed by atoms with Gasteiger partial charge in [-0.05, 0) is 39.8 Å². The molecule has 1 aromatic rings. The molecule has 0 spiro atoms. The largest absolute Gasteiger partial charge is 0.458 e. The molecule has 0 radical (unpaired) electrons. The molecule has 1 aromatic carbocycles. The summed E-state index contributed by atoms with van der Waals surface area (Å²) in [6, 6.07) is 6.81. The second-order valence-corrected chi connectivity index (χ2v) is 4.86. The zero-order valence-electron chi connectivity index (χ0n) is 11.3. The van der Waals surface area contributed by atoms with Crippen molar-refractivity contribution in [3.8, 4) is 5.75 Å². The quantitative estimate of drug-likeness (QED) is 0.721. The van der Waals surface area contributed by atoms with E-state index < -0.39 is 17.8 Å². The van der Waals surface area contributed by atoms with E-state index in [4.69, 9.17) is 9.47 Å². The van der Waals surface area contributed by atoms with E-state index in [9.17, 15) is 9.59 Å². The van der Waals surface area contributed by atoms with Crippen molar-refractivity contribution in [2.24, 2.45) is 10.2 Å². The van der Waals surface area contributed by atoms with E-state index in [1.165, 1.54) is 0 Å². The minimum absolute atomic E-state index is 0.332. The third-order valence-corrected chi connectivity index (χ3v) is 1.83. The van der Waals surface area contributed by atoms with Crippen molar-refractivity contribution in [3.63, 3.8) is 0 Å². The zero-order valence-corrected chi connectivity index (χ0v) is 11.3. The van der Waals surface area contributed by atoms with Crippen LogP contribution in [0.25, 0.3) is 0 Å². The summed E-state index contributed by atoms with van der Waals surface area (Å²) in [5.41, 5.74) is 0.354. The van der Waals surface area contributed by atoms with Crippen molar-refractivity contribution in [2.75, 3.05) is 0 Å². The van der Waals surface area contributed by atoms with E-state index in [1.807, 2.05) is 6.92 Å². The first-order valence-corrected chi connectivity index (χ1v) is 5.69. The lowest BCUT2D eigenvalue weighted by Gasteiger charge is -2.16. The maximum Gasteiger partial charge on any atom is 0.458 e. The molecule has 0 unspecified atom stereocenters. The summed E-state index contributed by atoms with van der Waals surface area (Å²) in [7, 11) is 0. The fourth-order valence-electron chi connectivity index (χ4n) is 1.09. The van der Waals surface area contributed by atoms with E-state index in [1.54, 1.807) is 45.0 Å². The molecule has 0 saturated heterocycles. The number of carbonyl (C=O) groups is 2. The molecule has 1 rings (SSSR count). The van der Waals surface area contributed by atoms with Gasteiger partial charge in [0.1, 0.15) is 11.4 Å². The van der Waals surface area contributed by atoms with Gasteiger partial charge in [-0.1, -0.05) is 27.9 Å². The van der Waals surface area contributed by atoms with Crippen LogP contribution in [0.15, 0.2) is 34.5 Å². The van der Waals surface area contributed by atoms with Crippen LogP contribution in [-0.4, -0.2) is 17.8 Å².